The molecular formula is C17H22N2O. The summed E-state index contributed by atoms with van der Waals surface area (Å²) >= 11 is 0. The van der Waals surface area contributed by atoms with E-state index in [2.05, 4.69) is 47.9 Å². The number of hydrogen-bond acceptors (Lipinski definition) is 3. The van der Waals surface area contributed by atoms with Gasteiger partial charge in [0.15, 0.2) is 0 Å². The van der Waals surface area contributed by atoms with Gasteiger partial charge < -0.3 is 4.74 Å². The van der Waals surface area contributed by atoms with E-state index in [0.717, 1.165) is 12.8 Å². The molecule has 3 heteroatoms. The van der Waals surface area contributed by atoms with Gasteiger partial charge in [0.05, 0.1) is 11.6 Å². The molecule has 1 aliphatic rings. The minimum absolute atomic E-state index is 0.0288. The number of hydrazine groups is 1. The summed E-state index contributed by atoms with van der Waals surface area (Å²) in [7, 11) is 1.81. The molecule has 2 aromatic carbocycles. The normalized spacial score (nSPS) is 19.3. The highest BCUT2D eigenvalue weighted by molar-refractivity contribution is 5.86. The molecule has 0 heterocycles. The number of benzene rings is 2. The van der Waals surface area contributed by atoms with Crippen LogP contribution < -0.4 is 11.3 Å². The monoisotopic (exact) mass is 270 g/mol. The van der Waals surface area contributed by atoms with Crippen LogP contribution in [0.4, 0.5) is 0 Å². The number of fused-ring (bicyclic) bond motifs is 1. The van der Waals surface area contributed by atoms with Crippen molar-refractivity contribution in [1.82, 2.24) is 5.43 Å². The van der Waals surface area contributed by atoms with E-state index >= 15 is 0 Å². The van der Waals surface area contributed by atoms with E-state index < -0.39 is 0 Å². The van der Waals surface area contributed by atoms with E-state index in [4.69, 9.17) is 10.6 Å². The zero-order chi connectivity index (χ0) is 14.0. The Bertz CT molecular complexity index is 585. The van der Waals surface area contributed by atoms with Crippen LogP contribution in [0.3, 0.4) is 0 Å². The number of nitrogens with one attached hydrogen (secondary N) is 1. The Hall–Kier alpha value is -1.42. The van der Waals surface area contributed by atoms with Gasteiger partial charge in [-0.1, -0.05) is 55.3 Å². The Morgan fingerprint density at radius 3 is 2.50 bits per heavy atom. The molecule has 3 N–H and O–H groups in total. The molecule has 0 spiro atoms. The van der Waals surface area contributed by atoms with Crippen molar-refractivity contribution >= 4 is 10.8 Å². The highest BCUT2D eigenvalue weighted by atomic mass is 16.5. The molecule has 3 nitrogen and oxygen atoms in total. The molecule has 0 bridgehead atoms. The first-order valence-electron chi connectivity index (χ1n) is 7.30. The minimum atomic E-state index is -0.182. The third-order valence-electron chi connectivity index (χ3n) is 4.68. The summed E-state index contributed by atoms with van der Waals surface area (Å²) in [6, 6.07) is 14.9. The first kappa shape index (κ1) is 13.6. The average molecular weight is 270 g/mol. The van der Waals surface area contributed by atoms with Crippen molar-refractivity contribution in [3.8, 4) is 0 Å². The Morgan fingerprint density at radius 2 is 1.80 bits per heavy atom. The smallest absolute Gasteiger partial charge is 0.0885 e. The molecule has 1 fully saturated rings. The fourth-order valence-corrected chi connectivity index (χ4v) is 3.61. The molecule has 1 aliphatic carbocycles. The topological polar surface area (TPSA) is 47.3 Å². The molecular weight excluding hydrogens is 248 g/mol. The quantitative estimate of drug-likeness (QED) is 0.662. The molecule has 106 valence electrons. The summed E-state index contributed by atoms with van der Waals surface area (Å²) in [5, 5.41) is 2.50. The zero-order valence-corrected chi connectivity index (χ0v) is 11.9. The second-order valence-corrected chi connectivity index (χ2v) is 5.64. The van der Waals surface area contributed by atoms with Crippen LogP contribution in [0.25, 0.3) is 10.8 Å². The zero-order valence-electron chi connectivity index (χ0n) is 11.9. The van der Waals surface area contributed by atoms with Gasteiger partial charge in [0.25, 0.3) is 0 Å². The van der Waals surface area contributed by atoms with Gasteiger partial charge in [0.1, 0.15) is 0 Å². The van der Waals surface area contributed by atoms with Gasteiger partial charge in [-0.3, -0.25) is 11.3 Å². The second-order valence-electron chi connectivity index (χ2n) is 5.64. The third kappa shape index (κ3) is 2.12. The van der Waals surface area contributed by atoms with Crippen LogP contribution in [0.1, 0.15) is 37.3 Å². The fraction of sp³-hybridized carbons (Fsp3) is 0.412. The van der Waals surface area contributed by atoms with Crippen molar-refractivity contribution in [1.29, 1.82) is 0 Å². The summed E-state index contributed by atoms with van der Waals surface area (Å²) in [4.78, 5) is 0. The first-order chi connectivity index (χ1) is 9.80. The third-order valence-corrected chi connectivity index (χ3v) is 4.68. The lowest BCUT2D eigenvalue weighted by Crippen LogP contribution is -2.46. The van der Waals surface area contributed by atoms with E-state index in [1.54, 1.807) is 7.11 Å². The van der Waals surface area contributed by atoms with E-state index in [1.165, 1.54) is 29.2 Å². The number of nitrogens with two attached hydrogens (primary N) is 1. The molecule has 1 atom stereocenters. The average Bonchev–Trinajstić information content (AvgIpc) is 2.98. The number of ether oxygens (including phenoxy) is 1. The van der Waals surface area contributed by atoms with Crippen LogP contribution in [0.2, 0.25) is 0 Å². The fourth-order valence-electron chi connectivity index (χ4n) is 3.61. The van der Waals surface area contributed by atoms with Gasteiger partial charge in [-0.15, -0.1) is 0 Å². The lowest BCUT2D eigenvalue weighted by atomic mass is 9.85. The largest absolute Gasteiger partial charge is 0.376 e. The Kier molecular flexibility index (Phi) is 3.74. The van der Waals surface area contributed by atoms with Crippen LogP contribution in [0.5, 0.6) is 0 Å². The molecule has 20 heavy (non-hydrogen) atoms. The van der Waals surface area contributed by atoms with Crippen LogP contribution in [-0.2, 0) is 4.74 Å². The maximum atomic E-state index is 5.91. The molecule has 3 rings (SSSR count). The van der Waals surface area contributed by atoms with Gasteiger partial charge in [0.2, 0.25) is 0 Å². The van der Waals surface area contributed by atoms with Crippen molar-refractivity contribution < 1.29 is 4.74 Å². The molecule has 1 unspecified atom stereocenters. The van der Waals surface area contributed by atoms with Gasteiger partial charge in [-0.05, 0) is 29.2 Å². The van der Waals surface area contributed by atoms with E-state index in [9.17, 15) is 0 Å². The maximum Gasteiger partial charge on any atom is 0.0885 e. The number of hydrogen-bond donors (Lipinski definition) is 2. The lowest BCUT2D eigenvalue weighted by Gasteiger charge is -2.36. The molecule has 1 saturated carbocycles. The van der Waals surface area contributed by atoms with Gasteiger partial charge in [0, 0.05) is 7.11 Å². The van der Waals surface area contributed by atoms with Crippen molar-refractivity contribution in [2.24, 2.45) is 5.84 Å². The van der Waals surface area contributed by atoms with Gasteiger partial charge in [-0.25, -0.2) is 0 Å². The van der Waals surface area contributed by atoms with Crippen molar-refractivity contribution in [3.63, 3.8) is 0 Å². The summed E-state index contributed by atoms with van der Waals surface area (Å²) in [6.07, 6.45) is 4.52. The maximum absolute atomic E-state index is 5.91. The number of rotatable bonds is 4. The molecule has 2 aromatic rings. The van der Waals surface area contributed by atoms with Gasteiger partial charge in [-0.2, -0.15) is 0 Å². The number of methoxy groups -OCH3 is 1. The summed E-state index contributed by atoms with van der Waals surface area (Å²) < 4.78 is 5.91. The Morgan fingerprint density at radius 1 is 1.10 bits per heavy atom. The Balaban J connectivity index is 2.12. The van der Waals surface area contributed by atoms with E-state index in [0.29, 0.717) is 0 Å². The first-order valence-corrected chi connectivity index (χ1v) is 7.30. The summed E-state index contributed by atoms with van der Waals surface area (Å²) in [5.41, 5.74) is 4.07. The minimum Gasteiger partial charge on any atom is -0.376 e. The SMILES string of the molecule is COC1(C(NN)c2cccc3ccccc23)CCCC1. The predicted octanol–water partition coefficient (Wildman–Crippen LogP) is 3.30. The van der Waals surface area contributed by atoms with Crippen LogP contribution in [-0.4, -0.2) is 12.7 Å². The van der Waals surface area contributed by atoms with Crippen LogP contribution in [0.15, 0.2) is 42.5 Å². The van der Waals surface area contributed by atoms with Gasteiger partial charge >= 0.3 is 0 Å². The highest BCUT2D eigenvalue weighted by Crippen LogP contribution is 2.43. The summed E-state index contributed by atoms with van der Waals surface area (Å²) in [5.74, 6) is 5.91. The molecule has 0 radical (unpaired) electrons. The summed E-state index contributed by atoms with van der Waals surface area (Å²) in [6.45, 7) is 0. The molecule has 0 amide bonds. The van der Waals surface area contributed by atoms with E-state index in [-0.39, 0.29) is 11.6 Å². The van der Waals surface area contributed by atoms with Crippen molar-refractivity contribution in [3.05, 3.63) is 48.0 Å². The molecule has 0 aromatic heterocycles. The molecule has 0 saturated heterocycles. The second kappa shape index (κ2) is 5.52. The van der Waals surface area contributed by atoms with Crippen molar-refractivity contribution in [2.45, 2.75) is 37.3 Å². The van der Waals surface area contributed by atoms with Crippen LogP contribution >= 0.6 is 0 Å². The predicted molar refractivity (Wildman–Crippen MR) is 82.2 cm³/mol. The van der Waals surface area contributed by atoms with Crippen molar-refractivity contribution in [2.75, 3.05) is 7.11 Å². The lowest BCUT2D eigenvalue weighted by molar-refractivity contribution is -0.0365. The van der Waals surface area contributed by atoms with Crippen LogP contribution in [0, 0.1) is 0 Å². The Labute approximate surface area is 120 Å². The molecule has 0 aliphatic heterocycles. The standard InChI is InChI=1S/C17H22N2O/c1-20-17(11-4-5-12-17)16(19-18)15-10-6-8-13-7-2-3-9-14(13)15/h2-3,6-10,16,19H,4-5,11-12,18H2,1H3. The highest BCUT2D eigenvalue weighted by Gasteiger charge is 2.42. The van der Waals surface area contributed by atoms with E-state index in [1.807, 2.05) is 0 Å².